The van der Waals surface area contributed by atoms with Crippen molar-refractivity contribution in [2.75, 3.05) is 0 Å². The van der Waals surface area contributed by atoms with Gasteiger partial charge in [-0.15, -0.1) is 19.0 Å². The predicted molar refractivity (Wildman–Crippen MR) is 67.3 cm³/mol. The van der Waals surface area contributed by atoms with Gasteiger partial charge in [0.25, 0.3) is 0 Å². The van der Waals surface area contributed by atoms with Crippen LogP contribution in [0, 0.1) is 0 Å². The molecule has 0 unspecified atom stereocenters. The molecule has 1 heterocycles. The van der Waals surface area contributed by atoms with E-state index in [0.717, 1.165) is 17.5 Å². The minimum atomic E-state index is 0. The van der Waals surface area contributed by atoms with Gasteiger partial charge in [-0.05, 0) is 29.5 Å². The van der Waals surface area contributed by atoms with E-state index in [1.54, 1.807) is 0 Å². The van der Waals surface area contributed by atoms with Crippen molar-refractivity contribution in [2.24, 2.45) is 5.73 Å². The third kappa shape index (κ3) is 2.41. The van der Waals surface area contributed by atoms with Gasteiger partial charge in [0.05, 0.1) is 0 Å². The second kappa shape index (κ2) is 5.01. The minimum absolute atomic E-state index is 0. The van der Waals surface area contributed by atoms with Crippen LogP contribution in [-0.4, -0.2) is 4.98 Å². The highest BCUT2D eigenvalue weighted by molar-refractivity contribution is 5.85. The summed E-state index contributed by atoms with van der Waals surface area (Å²) >= 11 is 0. The van der Waals surface area contributed by atoms with Gasteiger partial charge in [-0.2, -0.15) is 0 Å². The zero-order chi connectivity index (χ0) is 9.97. The Labute approximate surface area is 95.6 Å². The molecule has 1 atom stereocenters. The molecule has 2 rings (SSSR count). The molecule has 0 saturated carbocycles. The normalized spacial score (nSPS) is 12.1. The van der Waals surface area contributed by atoms with Crippen molar-refractivity contribution in [3.8, 4) is 0 Å². The highest BCUT2D eigenvalue weighted by Crippen LogP contribution is 2.19. The van der Waals surface area contributed by atoms with Crippen molar-refractivity contribution in [3.05, 3.63) is 48.7 Å². The molecule has 15 heavy (non-hydrogen) atoms. The Morgan fingerprint density at radius 1 is 1.40 bits per heavy atom. The fraction of sp³-hybridized carbons (Fsp3) is 0.167. The van der Waals surface area contributed by atoms with Crippen molar-refractivity contribution >= 4 is 23.3 Å². The summed E-state index contributed by atoms with van der Waals surface area (Å²) in [6, 6.07) is 8.37. The number of fused-ring (bicyclic) bond motifs is 1. The Bertz CT molecular complexity index is 448. The summed E-state index contributed by atoms with van der Waals surface area (Å²) in [5.41, 5.74) is 8.27. The SMILES string of the molecule is C=CC[C@H](N)c1ccc2cc[nH]c2c1.Cl. The van der Waals surface area contributed by atoms with E-state index in [-0.39, 0.29) is 18.4 Å². The Balaban J connectivity index is 0.00000112. The van der Waals surface area contributed by atoms with Crippen LogP contribution in [0.2, 0.25) is 0 Å². The third-order valence-corrected chi connectivity index (χ3v) is 2.43. The molecule has 0 saturated heterocycles. The van der Waals surface area contributed by atoms with E-state index in [1.165, 1.54) is 5.39 Å². The van der Waals surface area contributed by atoms with E-state index < -0.39 is 0 Å². The lowest BCUT2D eigenvalue weighted by Crippen LogP contribution is -2.08. The average Bonchev–Trinajstić information content (AvgIpc) is 2.64. The van der Waals surface area contributed by atoms with E-state index in [1.807, 2.05) is 12.3 Å². The Kier molecular flexibility index (Phi) is 3.95. The first-order valence-corrected chi connectivity index (χ1v) is 4.75. The Morgan fingerprint density at radius 3 is 2.93 bits per heavy atom. The molecule has 0 spiro atoms. The first-order valence-electron chi connectivity index (χ1n) is 4.75. The highest BCUT2D eigenvalue weighted by atomic mass is 35.5. The van der Waals surface area contributed by atoms with Gasteiger partial charge in [-0.1, -0.05) is 18.2 Å². The summed E-state index contributed by atoms with van der Waals surface area (Å²) in [6.45, 7) is 3.69. The van der Waals surface area contributed by atoms with Crippen LogP contribution in [0.5, 0.6) is 0 Å². The number of nitrogens with two attached hydrogens (primary N) is 1. The molecule has 0 fully saturated rings. The van der Waals surface area contributed by atoms with E-state index >= 15 is 0 Å². The second-order valence-electron chi connectivity index (χ2n) is 3.46. The molecule has 1 aromatic heterocycles. The Hall–Kier alpha value is -1.25. The lowest BCUT2D eigenvalue weighted by Gasteiger charge is -2.08. The summed E-state index contributed by atoms with van der Waals surface area (Å²) in [5.74, 6) is 0. The molecule has 0 amide bonds. The number of hydrogen-bond acceptors (Lipinski definition) is 1. The van der Waals surface area contributed by atoms with Crippen LogP contribution in [-0.2, 0) is 0 Å². The summed E-state index contributed by atoms with van der Waals surface area (Å²) in [6.07, 6.45) is 4.60. The Morgan fingerprint density at radius 2 is 2.20 bits per heavy atom. The van der Waals surface area contributed by atoms with Crippen molar-refractivity contribution < 1.29 is 0 Å². The van der Waals surface area contributed by atoms with Crippen LogP contribution in [0.4, 0.5) is 0 Å². The smallest absolute Gasteiger partial charge is 0.0457 e. The van der Waals surface area contributed by atoms with Gasteiger partial charge in [-0.3, -0.25) is 0 Å². The molecule has 0 aliphatic heterocycles. The maximum Gasteiger partial charge on any atom is 0.0457 e. The molecule has 3 heteroatoms. The zero-order valence-corrected chi connectivity index (χ0v) is 9.26. The maximum atomic E-state index is 5.98. The minimum Gasteiger partial charge on any atom is -0.361 e. The molecule has 0 aliphatic carbocycles. The van der Waals surface area contributed by atoms with Gasteiger partial charge in [0.15, 0.2) is 0 Å². The first-order chi connectivity index (χ1) is 6.81. The maximum absolute atomic E-state index is 5.98. The van der Waals surface area contributed by atoms with Gasteiger partial charge in [0.2, 0.25) is 0 Å². The molecular weight excluding hydrogens is 208 g/mol. The van der Waals surface area contributed by atoms with Gasteiger partial charge in [0, 0.05) is 17.8 Å². The number of aromatic nitrogens is 1. The number of rotatable bonds is 3. The zero-order valence-electron chi connectivity index (χ0n) is 8.44. The highest BCUT2D eigenvalue weighted by Gasteiger charge is 2.04. The number of nitrogens with one attached hydrogen (secondary N) is 1. The number of H-pyrrole nitrogens is 1. The fourth-order valence-electron chi connectivity index (χ4n) is 1.61. The molecule has 2 nitrogen and oxygen atoms in total. The van der Waals surface area contributed by atoms with E-state index in [0.29, 0.717) is 0 Å². The quantitative estimate of drug-likeness (QED) is 0.770. The van der Waals surface area contributed by atoms with Crippen molar-refractivity contribution in [3.63, 3.8) is 0 Å². The summed E-state index contributed by atoms with van der Waals surface area (Å²) < 4.78 is 0. The number of aromatic amines is 1. The van der Waals surface area contributed by atoms with E-state index in [9.17, 15) is 0 Å². The standard InChI is InChI=1S/C12H14N2.ClH/c1-2-3-11(13)10-5-4-9-6-7-14-12(9)8-10;/h2,4-8,11,14H,1,3,13H2;1H/t11-;/m0./s1. The van der Waals surface area contributed by atoms with Gasteiger partial charge in [-0.25, -0.2) is 0 Å². The van der Waals surface area contributed by atoms with Crippen molar-refractivity contribution in [2.45, 2.75) is 12.5 Å². The third-order valence-electron chi connectivity index (χ3n) is 2.43. The number of benzene rings is 1. The van der Waals surface area contributed by atoms with Gasteiger partial charge >= 0.3 is 0 Å². The largest absolute Gasteiger partial charge is 0.361 e. The van der Waals surface area contributed by atoms with Crippen LogP contribution in [0.25, 0.3) is 10.9 Å². The predicted octanol–water partition coefficient (Wildman–Crippen LogP) is 3.17. The van der Waals surface area contributed by atoms with Crippen LogP contribution in [0.3, 0.4) is 0 Å². The van der Waals surface area contributed by atoms with E-state index in [2.05, 4.69) is 35.8 Å². The molecule has 3 N–H and O–H groups in total. The van der Waals surface area contributed by atoms with Crippen LogP contribution < -0.4 is 5.73 Å². The molecule has 80 valence electrons. The first kappa shape index (κ1) is 11.8. The van der Waals surface area contributed by atoms with Gasteiger partial charge in [0.1, 0.15) is 0 Å². The summed E-state index contributed by atoms with van der Waals surface area (Å²) in [4.78, 5) is 3.18. The fourth-order valence-corrected chi connectivity index (χ4v) is 1.61. The van der Waals surface area contributed by atoms with E-state index in [4.69, 9.17) is 5.73 Å². The van der Waals surface area contributed by atoms with Gasteiger partial charge < -0.3 is 10.7 Å². The topological polar surface area (TPSA) is 41.8 Å². The molecule has 2 aromatic rings. The molecule has 0 radical (unpaired) electrons. The lowest BCUT2D eigenvalue weighted by molar-refractivity contribution is 0.743. The molecule has 0 aliphatic rings. The van der Waals surface area contributed by atoms with Crippen LogP contribution in [0.1, 0.15) is 18.0 Å². The second-order valence-corrected chi connectivity index (χ2v) is 3.46. The lowest BCUT2D eigenvalue weighted by atomic mass is 10.0. The van der Waals surface area contributed by atoms with Crippen LogP contribution >= 0.6 is 12.4 Å². The number of halogens is 1. The summed E-state index contributed by atoms with van der Waals surface area (Å²) in [5, 5.41) is 1.22. The van der Waals surface area contributed by atoms with Crippen LogP contribution in [0.15, 0.2) is 43.1 Å². The monoisotopic (exact) mass is 222 g/mol. The van der Waals surface area contributed by atoms with Crippen molar-refractivity contribution in [1.82, 2.24) is 4.98 Å². The summed E-state index contributed by atoms with van der Waals surface area (Å²) in [7, 11) is 0. The average molecular weight is 223 g/mol. The molecular formula is C12H15ClN2. The molecule has 1 aromatic carbocycles. The molecule has 0 bridgehead atoms. The number of hydrogen-bond donors (Lipinski definition) is 2. The van der Waals surface area contributed by atoms with Crippen molar-refractivity contribution in [1.29, 1.82) is 0 Å².